The van der Waals surface area contributed by atoms with Crippen LogP contribution >= 0.6 is 0 Å². The van der Waals surface area contributed by atoms with E-state index in [0.717, 1.165) is 5.56 Å². The zero-order valence-corrected chi connectivity index (χ0v) is 12.4. The SMILES string of the molecule is O=S(=O)(O)O.O=c1cc(-c2ccccc2)oc2cc(O)ccc12. The Morgan fingerprint density at radius 1 is 0.913 bits per heavy atom. The van der Waals surface area contributed by atoms with Crippen molar-refractivity contribution in [2.75, 3.05) is 0 Å². The van der Waals surface area contributed by atoms with Crippen LogP contribution in [0, 0.1) is 0 Å². The molecule has 1 aromatic heterocycles. The van der Waals surface area contributed by atoms with Gasteiger partial charge >= 0.3 is 10.4 Å². The Labute approximate surface area is 131 Å². The summed E-state index contributed by atoms with van der Waals surface area (Å²) in [4.78, 5) is 11.9. The number of rotatable bonds is 1. The summed E-state index contributed by atoms with van der Waals surface area (Å²) in [5.74, 6) is 0.578. The summed E-state index contributed by atoms with van der Waals surface area (Å²) in [5, 5.41) is 9.89. The molecule has 1 heterocycles. The lowest BCUT2D eigenvalue weighted by Crippen LogP contribution is -1.99. The van der Waals surface area contributed by atoms with E-state index in [1.54, 1.807) is 6.07 Å². The van der Waals surface area contributed by atoms with Crippen molar-refractivity contribution in [2.24, 2.45) is 0 Å². The molecule has 7 nitrogen and oxygen atoms in total. The third-order valence-electron chi connectivity index (χ3n) is 2.77. The summed E-state index contributed by atoms with van der Waals surface area (Å²) < 4.78 is 37.2. The maximum Gasteiger partial charge on any atom is 0.394 e. The predicted molar refractivity (Wildman–Crippen MR) is 83.8 cm³/mol. The predicted octanol–water partition coefficient (Wildman–Crippen LogP) is 2.51. The van der Waals surface area contributed by atoms with E-state index in [2.05, 4.69) is 0 Å². The molecule has 8 heteroatoms. The van der Waals surface area contributed by atoms with Crippen LogP contribution in [0.2, 0.25) is 0 Å². The molecule has 0 aliphatic heterocycles. The van der Waals surface area contributed by atoms with E-state index in [1.807, 2.05) is 30.3 Å². The Bertz CT molecular complexity index is 968. The molecule has 2 aromatic carbocycles. The first-order valence-electron chi connectivity index (χ1n) is 6.26. The Balaban J connectivity index is 0.000000338. The number of phenols is 1. The molecule has 3 rings (SSSR count). The molecular weight excluding hydrogens is 324 g/mol. The van der Waals surface area contributed by atoms with Crippen molar-refractivity contribution in [3.05, 3.63) is 64.8 Å². The summed E-state index contributed by atoms with van der Waals surface area (Å²) in [5.41, 5.74) is 1.11. The van der Waals surface area contributed by atoms with Crippen LogP contribution in [0.4, 0.5) is 0 Å². The smallest absolute Gasteiger partial charge is 0.394 e. The van der Waals surface area contributed by atoms with E-state index in [9.17, 15) is 9.90 Å². The zero-order chi connectivity index (χ0) is 17.0. The molecule has 120 valence electrons. The Kier molecular flexibility index (Phi) is 4.80. The average molecular weight is 336 g/mol. The quantitative estimate of drug-likeness (QED) is 0.583. The topological polar surface area (TPSA) is 125 Å². The van der Waals surface area contributed by atoms with Crippen LogP contribution in [-0.4, -0.2) is 22.6 Å². The maximum absolute atomic E-state index is 11.9. The van der Waals surface area contributed by atoms with Crippen molar-refractivity contribution < 1.29 is 27.0 Å². The highest BCUT2D eigenvalue weighted by atomic mass is 32.3. The van der Waals surface area contributed by atoms with E-state index in [0.29, 0.717) is 16.7 Å². The second-order valence-corrected chi connectivity index (χ2v) is 5.36. The fourth-order valence-corrected chi connectivity index (χ4v) is 1.89. The van der Waals surface area contributed by atoms with Gasteiger partial charge in [-0.2, -0.15) is 8.42 Å². The minimum atomic E-state index is -4.67. The van der Waals surface area contributed by atoms with E-state index in [1.165, 1.54) is 18.2 Å². The molecule has 0 amide bonds. The molecule has 0 radical (unpaired) electrons. The van der Waals surface area contributed by atoms with Gasteiger partial charge in [0.2, 0.25) is 0 Å². The first-order valence-corrected chi connectivity index (χ1v) is 7.66. The Morgan fingerprint density at radius 3 is 2.13 bits per heavy atom. The van der Waals surface area contributed by atoms with Crippen LogP contribution in [0.15, 0.2) is 63.8 Å². The number of fused-ring (bicyclic) bond motifs is 1. The van der Waals surface area contributed by atoms with Crippen LogP contribution in [0.25, 0.3) is 22.3 Å². The van der Waals surface area contributed by atoms with Gasteiger partial charge in [-0.15, -0.1) is 0 Å². The van der Waals surface area contributed by atoms with Crippen molar-refractivity contribution >= 4 is 21.4 Å². The lowest BCUT2D eigenvalue weighted by Gasteiger charge is -2.03. The molecule has 0 atom stereocenters. The normalized spacial score (nSPS) is 10.9. The maximum atomic E-state index is 11.9. The first kappa shape index (κ1) is 16.7. The molecule has 0 bridgehead atoms. The number of hydrogen-bond donors (Lipinski definition) is 3. The van der Waals surface area contributed by atoms with Gasteiger partial charge < -0.3 is 9.52 Å². The zero-order valence-electron chi connectivity index (χ0n) is 11.6. The molecule has 0 saturated heterocycles. The van der Waals surface area contributed by atoms with Crippen molar-refractivity contribution in [3.8, 4) is 17.1 Å². The summed E-state index contributed by atoms with van der Waals surface area (Å²) in [6.07, 6.45) is 0. The van der Waals surface area contributed by atoms with Gasteiger partial charge in [0, 0.05) is 17.7 Å². The van der Waals surface area contributed by atoms with Crippen LogP contribution in [-0.2, 0) is 10.4 Å². The third-order valence-corrected chi connectivity index (χ3v) is 2.77. The molecule has 0 aliphatic rings. The monoisotopic (exact) mass is 336 g/mol. The highest BCUT2D eigenvalue weighted by Crippen LogP contribution is 2.23. The van der Waals surface area contributed by atoms with Crippen LogP contribution in [0.1, 0.15) is 0 Å². The van der Waals surface area contributed by atoms with Gasteiger partial charge in [-0.1, -0.05) is 30.3 Å². The highest BCUT2D eigenvalue weighted by Gasteiger charge is 2.06. The van der Waals surface area contributed by atoms with Crippen molar-refractivity contribution in [1.82, 2.24) is 0 Å². The van der Waals surface area contributed by atoms with Crippen LogP contribution in [0.3, 0.4) is 0 Å². The Hall–Kier alpha value is -2.68. The average Bonchev–Trinajstić information content (AvgIpc) is 2.46. The van der Waals surface area contributed by atoms with Gasteiger partial charge in [0.25, 0.3) is 0 Å². The number of aromatic hydroxyl groups is 1. The number of phenolic OH excluding ortho intramolecular Hbond substituents is 1. The highest BCUT2D eigenvalue weighted by molar-refractivity contribution is 7.79. The first-order chi connectivity index (χ1) is 10.7. The lowest BCUT2D eigenvalue weighted by molar-refractivity contribution is 0.381. The van der Waals surface area contributed by atoms with E-state index < -0.39 is 10.4 Å². The Morgan fingerprint density at radius 2 is 1.52 bits per heavy atom. The van der Waals surface area contributed by atoms with Gasteiger partial charge in [-0.3, -0.25) is 13.9 Å². The molecule has 0 fully saturated rings. The molecule has 0 saturated carbocycles. The van der Waals surface area contributed by atoms with Gasteiger partial charge in [-0.25, -0.2) is 0 Å². The third kappa shape index (κ3) is 4.92. The molecule has 3 N–H and O–H groups in total. The summed E-state index contributed by atoms with van der Waals surface area (Å²) in [7, 11) is -4.67. The second kappa shape index (κ2) is 6.61. The van der Waals surface area contributed by atoms with E-state index in [-0.39, 0.29) is 11.2 Å². The second-order valence-electron chi connectivity index (χ2n) is 4.47. The van der Waals surface area contributed by atoms with Gasteiger partial charge in [0.15, 0.2) is 5.43 Å². The van der Waals surface area contributed by atoms with Gasteiger partial charge in [-0.05, 0) is 12.1 Å². The number of hydrogen-bond acceptors (Lipinski definition) is 5. The number of benzene rings is 2. The van der Waals surface area contributed by atoms with Gasteiger partial charge in [0.05, 0.1) is 5.39 Å². The van der Waals surface area contributed by atoms with Crippen molar-refractivity contribution in [2.45, 2.75) is 0 Å². The fourth-order valence-electron chi connectivity index (χ4n) is 1.89. The van der Waals surface area contributed by atoms with Crippen LogP contribution < -0.4 is 5.43 Å². The molecule has 0 spiro atoms. The molecular formula is C15H12O7S. The summed E-state index contributed by atoms with van der Waals surface area (Å²) in [6.45, 7) is 0. The minimum Gasteiger partial charge on any atom is -0.508 e. The molecule has 0 aliphatic carbocycles. The fraction of sp³-hybridized carbons (Fsp3) is 0. The minimum absolute atomic E-state index is 0.0795. The largest absolute Gasteiger partial charge is 0.508 e. The van der Waals surface area contributed by atoms with Crippen molar-refractivity contribution in [3.63, 3.8) is 0 Å². The lowest BCUT2D eigenvalue weighted by atomic mass is 10.1. The molecule has 0 unspecified atom stereocenters. The standard InChI is InChI=1S/C15H10O3.H2O4S/c16-11-6-7-12-13(17)9-14(18-15(12)8-11)10-4-2-1-3-5-10;1-5(2,3)4/h1-9,16H;(H2,1,2,3,4). The van der Waals surface area contributed by atoms with E-state index in [4.69, 9.17) is 21.9 Å². The molecule has 23 heavy (non-hydrogen) atoms. The van der Waals surface area contributed by atoms with Crippen LogP contribution in [0.5, 0.6) is 5.75 Å². The van der Waals surface area contributed by atoms with Gasteiger partial charge in [0.1, 0.15) is 17.1 Å². The van der Waals surface area contributed by atoms with E-state index >= 15 is 0 Å². The summed E-state index contributed by atoms with van der Waals surface area (Å²) >= 11 is 0. The molecule has 3 aromatic rings. The van der Waals surface area contributed by atoms with Crippen molar-refractivity contribution in [1.29, 1.82) is 0 Å². The summed E-state index contributed by atoms with van der Waals surface area (Å²) in [6, 6.07) is 15.3.